The van der Waals surface area contributed by atoms with Crippen LogP contribution in [0.25, 0.3) is 0 Å². The van der Waals surface area contributed by atoms with Crippen molar-refractivity contribution in [1.29, 1.82) is 0 Å². The molecule has 1 aromatic heterocycles. The van der Waals surface area contributed by atoms with Crippen LogP contribution in [0, 0.1) is 0 Å². The summed E-state index contributed by atoms with van der Waals surface area (Å²) in [6, 6.07) is 2.04. The van der Waals surface area contributed by atoms with Gasteiger partial charge in [-0.15, -0.1) is 11.6 Å². The topological polar surface area (TPSA) is 17.8 Å². The fourth-order valence-corrected chi connectivity index (χ4v) is 1.26. The summed E-state index contributed by atoms with van der Waals surface area (Å²) in [5.74, 6) is 1.15. The van der Waals surface area contributed by atoms with Crippen LogP contribution < -0.4 is 0 Å². The van der Waals surface area contributed by atoms with Crippen molar-refractivity contribution in [1.82, 2.24) is 9.78 Å². The van der Waals surface area contributed by atoms with E-state index in [2.05, 4.69) is 18.9 Å². The van der Waals surface area contributed by atoms with E-state index < -0.39 is 0 Å². The van der Waals surface area contributed by atoms with Crippen LogP contribution in [0.4, 0.5) is 0 Å². The quantitative estimate of drug-likeness (QED) is 0.640. The molecule has 0 fully saturated rings. The molecule has 0 saturated heterocycles. The molecule has 0 aromatic carbocycles. The molecule has 62 valence electrons. The van der Waals surface area contributed by atoms with Gasteiger partial charge in [-0.25, -0.2) is 0 Å². The van der Waals surface area contributed by atoms with E-state index in [1.807, 2.05) is 16.9 Å². The number of hydrogen-bond acceptors (Lipinski definition) is 1. The summed E-state index contributed by atoms with van der Waals surface area (Å²) in [4.78, 5) is 0. The highest BCUT2D eigenvalue weighted by Gasteiger charge is 2.04. The summed E-state index contributed by atoms with van der Waals surface area (Å²) >= 11 is 5.61. The Kier molecular flexibility index (Phi) is 2.94. The van der Waals surface area contributed by atoms with Crippen molar-refractivity contribution in [2.75, 3.05) is 5.88 Å². The molecule has 2 nitrogen and oxygen atoms in total. The maximum Gasteiger partial charge on any atom is 0.0548 e. The van der Waals surface area contributed by atoms with Crippen molar-refractivity contribution in [2.45, 2.75) is 26.3 Å². The largest absolute Gasteiger partial charge is 0.268 e. The minimum Gasteiger partial charge on any atom is -0.268 e. The highest BCUT2D eigenvalue weighted by Crippen LogP contribution is 2.12. The van der Waals surface area contributed by atoms with Gasteiger partial charge in [0.05, 0.1) is 6.54 Å². The summed E-state index contributed by atoms with van der Waals surface area (Å²) < 4.78 is 1.96. The molecule has 1 rings (SSSR count). The maximum atomic E-state index is 5.61. The van der Waals surface area contributed by atoms with Gasteiger partial charge in [-0.1, -0.05) is 13.8 Å². The standard InChI is InChI=1S/C8H13ClN2/c1-7(2)8-3-5-10-11(8)6-4-9/h3,5,7H,4,6H2,1-2H3. The molecule has 0 amide bonds. The Hall–Kier alpha value is -0.500. The Morgan fingerprint density at radius 1 is 1.64 bits per heavy atom. The van der Waals surface area contributed by atoms with Crippen molar-refractivity contribution in [2.24, 2.45) is 0 Å². The lowest BCUT2D eigenvalue weighted by molar-refractivity contribution is 0.601. The zero-order chi connectivity index (χ0) is 8.27. The van der Waals surface area contributed by atoms with Crippen LogP contribution in [0.1, 0.15) is 25.5 Å². The Bertz CT molecular complexity index is 218. The first-order valence-electron chi connectivity index (χ1n) is 3.83. The third-order valence-electron chi connectivity index (χ3n) is 1.64. The number of hydrogen-bond donors (Lipinski definition) is 0. The fourth-order valence-electron chi connectivity index (χ4n) is 1.10. The zero-order valence-corrected chi connectivity index (χ0v) is 7.67. The Labute approximate surface area is 72.2 Å². The van der Waals surface area contributed by atoms with Gasteiger partial charge in [-0.2, -0.15) is 5.10 Å². The van der Waals surface area contributed by atoms with E-state index in [1.54, 1.807) is 0 Å². The first-order valence-corrected chi connectivity index (χ1v) is 4.37. The van der Waals surface area contributed by atoms with E-state index >= 15 is 0 Å². The molecule has 0 aliphatic heterocycles. The highest BCUT2D eigenvalue weighted by molar-refractivity contribution is 6.17. The average Bonchev–Trinajstić information content (AvgIpc) is 2.36. The molecule has 11 heavy (non-hydrogen) atoms. The van der Waals surface area contributed by atoms with Crippen LogP contribution in [0.3, 0.4) is 0 Å². The highest BCUT2D eigenvalue weighted by atomic mass is 35.5. The zero-order valence-electron chi connectivity index (χ0n) is 6.92. The van der Waals surface area contributed by atoms with E-state index in [4.69, 9.17) is 11.6 Å². The molecule has 0 radical (unpaired) electrons. The molecule has 1 aromatic rings. The number of aromatic nitrogens is 2. The third kappa shape index (κ3) is 1.96. The van der Waals surface area contributed by atoms with Crippen molar-refractivity contribution >= 4 is 11.6 Å². The third-order valence-corrected chi connectivity index (χ3v) is 1.81. The summed E-state index contributed by atoms with van der Waals surface area (Å²) in [6.45, 7) is 5.12. The molecule has 0 aliphatic carbocycles. The second kappa shape index (κ2) is 3.77. The minimum absolute atomic E-state index is 0.528. The van der Waals surface area contributed by atoms with E-state index in [1.165, 1.54) is 5.69 Å². The predicted molar refractivity (Wildman–Crippen MR) is 47.0 cm³/mol. The number of halogens is 1. The lowest BCUT2D eigenvalue weighted by atomic mass is 10.1. The summed E-state index contributed by atoms with van der Waals surface area (Å²) in [5, 5.41) is 4.16. The molecule has 0 atom stereocenters. The molecule has 0 saturated carbocycles. The van der Waals surface area contributed by atoms with Crippen molar-refractivity contribution in [3.05, 3.63) is 18.0 Å². The van der Waals surface area contributed by atoms with Crippen LogP contribution >= 0.6 is 11.6 Å². The summed E-state index contributed by atoms with van der Waals surface area (Å²) in [5.41, 5.74) is 1.26. The Morgan fingerprint density at radius 3 is 2.91 bits per heavy atom. The number of rotatable bonds is 3. The minimum atomic E-state index is 0.528. The van der Waals surface area contributed by atoms with Gasteiger partial charge >= 0.3 is 0 Å². The Balaban J connectivity index is 2.78. The van der Waals surface area contributed by atoms with Crippen LogP contribution in [0.5, 0.6) is 0 Å². The van der Waals surface area contributed by atoms with Gasteiger partial charge in [0.1, 0.15) is 0 Å². The number of nitrogens with zero attached hydrogens (tertiary/aromatic N) is 2. The van der Waals surface area contributed by atoms with Crippen LogP contribution in [-0.4, -0.2) is 15.7 Å². The van der Waals surface area contributed by atoms with E-state index in [-0.39, 0.29) is 0 Å². The molecular weight excluding hydrogens is 160 g/mol. The molecule has 0 N–H and O–H groups in total. The lowest BCUT2D eigenvalue weighted by Gasteiger charge is -2.07. The molecule has 0 bridgehead atoms. The molecule has 3 heteroatoms. The van der Waals surface area contributed by atoms with E-state index in [0.29, 0.717) is 11.8 Å². The summed E-state index contributed by atoms with van der Waals surface area (Å²) in [6.07, 6.45) is 1.82. The maximum absolute atomic E-state index is 5.61. The van der Waals surface area contributed by atoms with Crippen molar-refractivity contribution < 1.29 is 0 Å². The van der Waals surface area contributed by atoms with Crippen LogP contribution in [-0.2, 0) is 6.54 Å². The van der Waals surface area contributed by atoms with Crippen molar-refractivity contribution in [3.63, 3.8) is 0 Å². The van der Waals surface area contributed by atoms with E-state index in [0.717, 1.165) is 6.54 Å². The number of alkyl halides is 1. The monoisotopic (exact) mass is 172 g/mol. The molecular formula is C8H13ClN2. The molecule has 0 unspecified atom stereocenters. The normalized spacial score (nSPS) is 10.9. The van der Waals surface area contributed by atoms with Gasteiger partial charge in [0.25, 0.3) is 0 Å². The van der Waals surface area contributed by atoms with Gasteiger partial charge < -0.3 is 0 Å². The van der Waals surface area contributed by atoms with Crippen LogP contribution in [0.15, 0.2) is 12.3 Å². The second-order valence-corrected chi connectivity index (χ2v) is 3.20. The Morgan fingerprint density at radius 2 is 2.36 bits per heavy atom. The van der Waals surface area contributed by atoms with Crippen LogP contribution in [0.2, 0.25) is 0 Å². The first-order chi connectivity index (χ1) is 5.25. The lowest BCUT2D eigenvalue weighted by Crippen LogP contribution is -2.06. The van der Waals surface area contributed by atoms with Gasteiger partial charge in [-0.05, 0) is 12.0 Å². The van der Waals surface area contributed by atoms with Gasteiger partial charge in [0.2, 0.25) is 0 Å². The second-order valence-electron chi connectivity index (χ2n) is 2.82. The van der Waals surface area contributed by atoms with Gasteiger partial charge in [-0.3, -0.25) is 4.68 Å². The van der Waals surface area contributed by atoms with Gasteiger partial charge in [0.15, 0.2) is 0 Å². The predicted octanol–water partition coefficient (Wildman–Crippen LogP) is 2.25. The molecule has 0 spiro atoms. The smallest absolute Gasteiger partial charge is 0.0548 e. The van der Waals surface area contributed by atoms with Crippen molar-refractivity contribution in [3.8, 4) is 0 Å². The number of aryl methyl sites for hydroxylation is 1. The fraction of sp³-hybridized carbons (Fsp3) is 0.625. The van der Waals surface area contributed by atoms with E-state index in [9.17, 15) is 0 Å². The first kappa shape index (κ1) is 8.60. The summed E-state index contributed by atoms with van der Waals surface area (Å²) in [7, 11) is 0. The van der Waals surface area contributed by atoms with Gasteiger partial charge in [0, 0.05) is 17.8 Å². The molecule has 1 heterocycles. The SMILES string of the molecule is CC(C)c1ccnn1CCCl. The average molecular weight is 173 g/mol. The molecule has 0 aliphatic rings.